The standard InChI is InChI=1S/C19H27FN4O/c20-15-4-1-3-14(11-15)16-12-22-23-18(16)13-6-9-24(10-7-13)19(25)17-5-2-8-21-17/h1,3-4,11,13,16-18,21-23H,2,5-10,12H2/t16?,17-,18?/m1/s1. The summed E-state index contributed by atoms with van der Waals surface area (Å²) in [5.74, 6) is 0.881. The zero-order valence-corrected chi connectivity index (χ0v) is 14.5. The monoisotopic (exact) mass is 346 g/mol. The number of nitrogens with zero attached hydrogens (tertiary/aromatic N) is 1. The lowest BCUT2D eigenvalue weighted by atomic mass is 9.80. The van der Waals surface area contributed by atoms with E-state index in [0.717, 1.165) is 57.4 Å². The Morgan fingerprint density at radius 2 is 2.04 bits per heavy atom. The van der Waals surface area contributed by atoms with E-state index in [2.05, 4.69) is 16.2 Å². The van der Waals surface area contributed by atoms with Crippen LogP contribution >= 0.6 is 0 Å². The van der Waals surface area contributed by atoms with Crippen LogP contribution in [0.15, 0.2) is 24.3 Å². The highest BCUT2D eigenvalue weighted by Crippen LogP contribution is 2.32. The van der Waals surface area contributed by atoms with E-state index in [0.29, 0.717) is 12.0 Å². The molecule has 1 amide bonds. The van der Waals surface area contributed by atoms with Gasteiger partial charge in [-0.2, -0.15) is 0 Å². The SMILES string of the molecule is O=C([C@H]1CCCN1)N1CCC(C2NNCC2c2cccc(F)c2)CC1. The molecular formula is C19H27FN4O. The van der Waals surface area contributed by atoms with E-state index in [-0.39, 0.29) is 23.7 Å². The first kappa shape index (κ1) is 16.9. The molecular weight excluding hydrogens is 319 g/mol. The van der Waals surface area contributed by atoms with E-state index in [1.54, 1.807) is 12.1 Å². The molecule has 3 aliphatic rings. The van der Waals surface area contributed by atoms with E-state index >= 15 is 0 Å². The summed E-state index contributed by atoms with van der Waals surface area (Å²) in [7, 11) is 0. The summed E-state index contributed by atoms with van der Waals surface area (Å²) < 4.78 is 13.6. The molecule has 4 rings (SSSR count). The predicted molar refractivity (Wildman–Crippen MR) is 94.4 cm³/mol. The molecule has 1 aromatic carbocycles. The molecule has 3 heterocycles. The van der Waals surface area contributed by atoms with Gasteiger partial charge in [0.25, 0.3) is 0 Å². The second-order valence-corrected chi connectivity index (χ2v) is 7.52. The Bertz CT molecular complexity index is 611. The van der Waals surface area contributed by atoms with Crippen LogP contribution in [0.3, 0.4) is 0 Å². The highest BCUT2D eigenvalue weighted by Gasteiger charge is 2.38. The third-order valence-electron chi connectivity index (χ3n) is 6.02. The number of rotatable bonds is 3. The summed E-state index contributed by atoms with van der Waals surface area (Å²) >= 11 is 0. The average Bonchev–Trinajstić information content (AvgIpc) is 3.33. The Balaban J connectivity index is 1.37. The molecule has 6 heteroatoms. The maximum Gasteiger partial charge on any atom is 0.239 e. The van der Waals surface area contributed by atoms with Gasteiger partial charge < -0.3 is 10.2 Å². The van der Waals surface area contributed by atoms with Gasteiger partial charge in [0.15, 0.2) is 0 Å². The van der Waals surface area contributed by atoms with Gasteiger partial charge in [0, 0.05) is 31.6 Å². The molecule has 5 nitrogen and oxygen atoms in total. The Kier molecular flexibility index (Phi) is 5.01. The molecule has 0 bridgehead atoms. The van der Waals surface area contributed by atoms with Gasteiger partial charge in [0.2, 0.25) is 5.91 Å². The highest BCUT2D eigenvalue weighted by atomic mass is 19.1. The number of hydrazine groups is 1. The van der Waals surface area contributed by atoms with Gasteiger partial charge in [-0.25, -0.2) is 4.39 Å². The number of nitrogens with one attached hydrogen (secondary N) is 3. The van der Waals surface area contributed by atoms with Crippen molar-refractivity contribution in [3.63, 3.8) is 0 Å². The number of carbonyl (C=O) groups excluding carboxylic acids is 1. The Morgan fingerprint density at radius 3 is 2.76 bits per heavy atom. The molecule has 2 unspecified atom stereocenters. The van der Waals surface area contributed by atoms with Crippen LogP contribution in [-0.4, -0.2) is 49.1 Å². The molecule has 0 spiro atoms. The third-order valence-corrected chi connectivity index (χ3v) is 6.02. The molecule has 3 N–H and O–H groups in total. The molecule has 0 radical (unpaired) electrons. The Morgan fingerprint density at radius 1 is 1.20 bits per heavy atom. The van der Waals surface area contributed by atoms with E-state index in [1.165, 1.54) is 6.07 Å². The van der Waals surface area contributed by atoms with Crippen molar-refractivity contribution in [3.8, 4) is 0 Å². The van der Waals surface area contributed by atoms with Gasteiger partial charge in [-0.15, -0.1) is 0 Å². The van der Waals surface area contributed by atoms with Crippen molar-refractivity contribution in [2.75, 3.05) is 26.2 Å². The maximum absolute atomic E-state index is 13.6. The minimum absolute atomic E-state index is 0.0304. The first-order valence-electron chi connectivity index (χ1n) is 9.48. The van der Waals surface area contributed by atoms with Crippen LogP contribution in [-0.2, 0) is 4.79 Å². The molecule has 0 aromatic heterocycles. The van der Waals surface area contributed by atoms with E-state index in [9.17, 15) is 9.18 Å². The zero-order valence-electron chi connectivity index (χ0n) is 14.5. The first-order chi connectivity index (χ1) is 12.2. The van der Waals surface area contributed by atoms with Gasteiger partial charge in [0.05, 0.1) is 6.04 Å². The lowest BCUT2D eigenvalue weighted by Gasteiger charge is -2.37. The Hall–Kier alpha value is -1.50. The number of piperidine rings is 1. The van der Waals surface area contributed by atoms with Crippen molar-refractivity contribution in [3.05, 3.63) is 35.6 Å². The van der Waals surface area contributed by atoms with Gasteiger partial charge in [-0.05, 0) is 55.8 Å². The summed E-state index contributed by atoms with van der Waals surface area (Å²) in [6.07, 6.45) is 4.07. The van der Waals surface area contributed by atoms with Crippen molar-refractivity contribution in [2.24, 2.45) is 5.92 Å². The molecule has 3 fully saturated rings. The highest BCUT2D eigenvalue weighted by molar-refractivity contribution is 5.82. The van der Waals surface area contributed by atoms with Gasteiger partial charge in [-0.3, -0.25) is 15.6 Å². The molecule has 0 aliphatic carbocycles. The van der Waals surface area contributed by atoms with Crippen molar-refractivity contribution >= 4 is 5.91 Å². The summed E-state index contributed by atoms with van der Waals surface area (Å²) in [6, 6.07) is 7.27. The molecule has 1 aromatic rings. The van der Waals surface area contributed by atoms with Crippen molar-refractivity contribution in [1.82, 2.24) is 21.1 Å². The largest absolute Gasteiger partial charge is 0.341 e. The van der Waals surface area contributed by atoms with Crippen molar-refractivity contribution in [2.45, 2.75) is 43.7 Å². The lowest BCUT2D eigenvalue weighted by Crippen LogP contribution is -2.49. The number of amides is 1. The number of hydrogen-bond acceptors (Lipinski definition) is 4. The van der Waals surface area contributed by atoms with Crippen LogP contribution in [0.5, 0.6) is 0 Å². The maximum atomic E-state index is 13.6. The first-order valence-corrected chi connectivity index (χ1v) is 9.48. The normalized spacial score (nSPS) is 30.8. The second-order valence-electron chi connectivity index (χ2n) is 7.52. The topological polar surface area (TPSA) is 56.4 Å². The number of carbonyl (C=O) groups is 1. The number of hydrogen-bond donors (Lipinski definition) is 3. The molecule has 3 saturated heterocycles. The van der Waals surface area contributed by atoms with E-state index in [1.807, 2.05) is 11.0 Å². The number of benzene rings is 1. The number of likely N-dealkylation sites (tertiary alicyclic amines) is 1. The van der Waals surface area contributed by atoms with Crippen LogP contribution < -0.4 is 16.2 Å². The van der Waals surface area contributed by atoms with Gasteiger partial charge >= 0.3 is 0 Å². The second kappa shape index (κ2) is 7.40. The quantitative estimate of drug-likeness (QED) is 0.774. The van der Waals surface area contributed by atoms with Crippen LogP contribution in [0.1, 0.15) is 37.2 Å². The summed E-state index contributed by atoms with van der Waals surface area (Å²) in [5, 5.41) is 3.30. The lowest BCUT2D eigenvalue weighted by molar-refractivity contribution is -0.134. The molecule has 3 aliphatic heterocycles. The summed E-state index contributed by atoms with van der Waals surface area (Å²) in [4.78, 5) is 14.6. The fraction of sp³-hybridized carbons (Fsp3) is 0.632. The smallest absolute Gasteiger partial charge is 0.239 e. The minimum atomic E-state index is -0.173. The van der Waals surface area contributed by atoms with Crippen molar-refractivity contribution in [1.29, 1.82) is 0 Å². The van der Waals surface area contributed by atoms with Gasteiger partial charge in [0.1, 0.15) is 5.82 Å². The van der Waals surface area contributed by atoms with Crippen LogP contribution in [0.25, 0.3) is 0 Å². The van der Waals surface area contributed by atoms with Crippen LogP contribution in [0, 0.1) is 11.7 Å². The molecule has 136 valence electrons. The van der Waals surface area contributed by atoms with E-state index in [4.69, 9.17) is 0 Å². The van der Waals surface area contributed by atoms with Gasteiger partial charge in [-0.1, -0.05) is 12.1 Å². The Labute approximate surface area is 148 Å². The minimum Gasteiger partial charge on any atom is -0.341 e. The predicted octanol–water partition coefficient (Wildman–Crippen LogP) is 1.38. The third kappa shape index (κ3) is 3.57. The average molecular weight is 346 g/mol. The van der Waals surface area contributed by atoms with Crippen LogP contribution in [0.4, 0.5) is 4.39 Å². The summed E-state index contributed by atoms with van der Waals surface area (Å²) in [6.45, 7) is 3.44. The fourth-order valence-electron chi connectivity index (χ4n) is 4.62. The molecule has 25 heavy (non-hydrogen) atoms. The van der Waals surface area contributed by atoms with Crippen LogP contribution in [0.2, 0.25) is 0 Å². The summed E-state index contributed by atoms with van der Waals surface area (Å²) in [5.41, 5.74) is 7.71. The molecule has 0 saturated carbocycles. The number of halogens is 1. The van der Waals surface area contributed by atoms with Crippen molar-refractivity contribution < 1.29 is 9.18 Å². The molecule has 3 atom stereocenters. The fourth-order valence-corrected chi connectivity index (χ4v) is 4.62. The zero-order chi connectivity index (χ0) is 17.2. The van der Waals surface area contributed by atoms with E-state index < -0.39 is 0 Å².